The minimum Gasteiger partial charge on any atom is -0.313 e. The molecule has 0 heterocycles. The Bertz CT molecular complexity index is 115. The first kappa shape index (κ1) is 14.3. The molecule has 2 heteroatoms. The van der Waals surface area contributed by atoms with Crippen LogP contribution in [0.1, 0.15) is 53.4 Å². The van der Waals surface area contributed by atoms with Crippen molar-refractivity contribution in [2.45, 2.75) is 64.7 Å². The molecule has 0 radical (unpaired) electrons. The second-order valence-corrected chi connectivity index (χ2v) is 5.74. The molecule has 1 nitrogen and oxygen atoms in total. The van der Waals surface area contributed by atoms with E-state index in [-0.39, 0.29) is 0 Å². The van der Waals surface area contributed by atoms with Gasteiger partial charge in [-0.05, 0) is 18.2 Å². The molecule has 0 saturated heterocycles. The second kappa shape index (κ2) is 9.85. The lowest BCUT2D eigenvalue weighted by Crippen LogP contribution is -2.31. The molecule has 0 aliphatic rings. The molecule has 0 rings (SSSR count). The van der Waals surface area contributed by atoms with Crippen molar-refractivity contribution in [3.05, 3.63) is 0 Å². The van der Waals surface area contributed by atoms with Gasteiger partial charge < -0.3 is 5.32 Å². The SMILES string of the molecule is CCCCCC(CSC(C)C)NCC. The van der Waals surface area contributed by atoms with E-state index in [0.717, 1.165) is 17.8 Å². The summed E-state index contributed by atoms with van der Waals surface area (Å²) in [4.78, 5) is 0. The van der Waals surface area contributed by atoms with Gasteiger partial charge in [-0.2, -0.15) is 11.8 Å². The first-order valence-electron chi connectivity index (χ1n) is 6.05. The first-order valence-corrected chi connectivity index (χ1v) is 7.10. The van der Waals surface area contributed by atoms with Crippen LogP contribution in [0.3, 0.4) is 0 Å². The van der Waals surface area contributed by atoms with Crippen molar-refractivity contribution < 1.29 is 0 Å². The normalized spacial score (nSPS) is 13.5. The van der Waals surface area contributed by atoms with Gasteiger partial charge in [0.1, 0.15) is 0 Å². The Balaban J connectivity index is 3.54. The third-order valence-electron chi connectivity index (χ3n) is 2.28. The lowest BCUT2D eigenvalue weighted by molar-refractivity contribution is 0.506. The zero-order chi connectivity index (χ0) is 10.8. The molecule has 0 aliphatic heterocycles. The van der Waals surface area contributed by atoms with Crippen molar-refractivity contribution in [2.24, 2.45) is 0 Å². The highest BCUT2D eigenvalue weighted by molar-refractivity contribution is 7.99. The van der Waals surface area contributed by atoms with Crippen LogP contribution in [0.4, 0.5) is 0 Å². The van der Waals surface area contributed by atoms with Gasteiger partial charge in [-0.1, -0.05) is 47.0 Å². The largest absolute Gasteiger partial charge is 0.313 e. The van der Waals surface area contributed by atoms with Gasteiger partial charge >= 0.3 is 0 Å². The molecule has 0 fully saturated rings. The molecule has 0 spiro atoms. The van der Waals surface area contributed by atoms with Crippen LogP contribution in [0, 0.1) is 0 Å². The predicted octanol–water partition coefficient (Wildman–Crippen LogP) is 3.69. The van der Waals surface area contributed by atoms with E-state index in [1.165, 1.54) is 31.4 Å². The molecule has 0 bridgehead atoms. The number of rotatable bonds is 9. The Morgan fingerprint density at radius 2 is 1.86 bits per heavy atom. The molecular weight excluding hydrogens is 190 g/mol. The van der Waals surface area contributed by atoms with Crippen molar-refractivity contribution in [1.29, 1.82) is 0 Å². The van der Waals surface area contributed by atoms with Crippen LogP contribution in [-0.2, 0) is 0 Å². The number of hydrogen-bond donors (Lipinski definition) is 1. The van der Waals surface area contributed by atoms with Crippen LogP contribution in [0.25, 0.3) is 0 Å². The summed E-state index contributed by atoms with van der Waals surface area (Å²) in [6.07, 6.45) is 5.44. The number of nitrogens with one attached hydrogen (secondary N) is 1. The highest BCUT2D eigenvalue weighted by Crippen LogP contribution is 2.14. The van der Waals surface area contributed by atoms with E-state index < -0.39 is 0 Å². The van der Waals surface area contributed by atoms with E-state index in [9.17, 15) is 0 Å². The molecule has 1 N–H and O–H groups in total. The summed E-state index contributed by atoms with van der Waals surface area (Å²) < 4.78 is 0. The van der Waals surface area contributed by atoms with Gasteiger partial charge in [0.05, 0.1) is 0 Å². The van der Waals surface area contributed by atoms with Gasteiger partial charge in [0, 0.05) is 11.8 Å². The lowest BCUT2D eigenvalue weighted by atomic mass is 10.1. The Morgan fingerprint density at radius 3 is 2.36 bits per heavy atom. The van der Waals surface area contributed by atoms with Crippen molar-refractivity contribution in [1.82, 2.24) is 5.32 Å². The van der Waals surface area contributed by atoms with Gasteiger partial charge in [-0.15, -0.1) is 0 Å². The fraction of sp³-hybridized carbons (Fsp3) is 1.00. The van der Waals surface area contributed by atoms with Crippen LogP contribution in [0.5, 0.6) is 0 Å². The molecule has 1 unspecified atom stereocenters. The maximum Gasteiger partial charge on any atom is 0.0158 e. The average Bonchev–Trinajstić information content (AvgIpc) is 2.14. The molecular formula is C12H27NS. The minimum atomic E-state index is 0.735. The topological polar surface area (TPSA) is 12.0 Å². The highest BCUT2D eigenvalue weighted by Gasteiger charge is 2.07. The van der Waals surface area contributed by atoms with Gasteiger partial charge in [0.2, 0.25) is 0 Å². The Labute approximate surface area is 94.4 Å². The fourth-order valence-electron chi connectivity index (χ4n) is 1.48. The summed E-state index contributed by atoms with van der Waals surface area (Å²) in [5.74, 6) is 1.27. The third kappa shape index (κ3) is 8.89. The number of thioether (sulfide) groups is 1. The minimum absolute atomic E-state index is 0.735. The smallest absolute Gasteiger partial charge is 0.0158 e. The van der Waals surface area contributed by atoms with Crippen LogP contribution >= 0.6 is 11.8 Å². The van der Waals surface area contributed by atoms with Gasteiger partial charge in [-0.25, -0.2) is 0 Å². The van der Waals surface area contributed by atoms with Crippen molar-refractivity contribution in [3.8, 4) is 0 Å². The molecule has 0 aromatic rings. The van der Waals surface area contributed by atoms with E-state index >= 15 is 0 Å². The maximum atomic E-state index is 3.58. The summed E-state index contributed by atoms with van der Waals surface area (Å²) in [5, 5.41) is 4.34. The zero-order valence-corrected chi connectivity index (χ0v) is 11.1. The lowest BCUT2D eigenvalue weighted by Gasteiger charge is -2.18. The number of hydrogen-bond acceptors (Lipinski definition) is 2. The van der Waals surface area contributed by atoms with Gasteiger partial charge in [0.15, 0.2) is 0 Å². The Hall–Kier alpha value is 0.310. The van der Waals surface area contributed by atoms with Crippen molar-refractivity contribution in [2.75, 3.05) is 12.3 Å². The second-order valence-electron chi connectivity index (χ2n) is 4.13. The van der Waals surface area contributed by atoms with E-state index in [1.54, 1.807) is 0 Å². The van der Waals surface area contributed by atoms with Crippen LogP contribution < -0.4 is 5.32 Å². The van der Waals surface area contributed by atoms with Crippen LogP contribution in [0.15, 0.2) is 0 Å². The van der Waals surface area contributed by atoms with E-state index in [0.29, 0.717) is 0 Å². The Morgan fingerprint density at radius 1 is 1.14 bits per heavy atom. The van der Waals surface area contributed by atoms with Crippen molar-refractivity contribution in [3.63, 3.8) is 0 Å². The summed E-state index contributed by atoms with van der Waals surface area (Å²) in [7, 11) is 0. The first-order chi connectivity index (χ1) is 6.70. The zero-order valence-electron chi connectivity index (χ0n) is 10.3. The molecule has 0 aromatic heterocycles. The molecule has 86 valence electrons. The molecule has 1 atom stereocenters. The van der Waals surface area contributed by atoms with Crippen LogP contribution in [0.2, 0.25) is 0 Å². The third-order valence-corrected chi connectivity index (χ3v) is 3.54. The summed E-state index contributed by atoms with van der Waals surface area (Å²) in [6.45, 7) is 10.1. The standard InChI is InChI=1S/C12H27NS/c1-5-7-8-9-12(13-6-2)10-14-11(3)4/h11-13H,5-10H2,1-4H3. The summed E-state index contributed by atoms with van der Waals surface area (Å²) in [5.41, 5.74) is 0. The van der Waals surface area contributed by atoms with Gasteiger partial charge in [-0.3, -0.25) is 0 Å². The van der Waals surface area contributed by atoms with E-state index in [1.807, 2.05) is 0 Å². The summed E-state index contributed by atoms with van der Waals surface area (Å²) >= 11 is 2.07. The quantitative estimate of drug-likeness (QED) is 0.591. The number of unbranched alkanes of at least 4 members (excludes halogenated alkanes) is 2. The Kier molecular flexibility index (Phi) is 10.1. The monoisotopic (exact) mass is 217 g/mol. The van der Waals surface area contributed by atoms with E-state index in [2.05, 4.69) is 44.8 Å². The molecule has 0 amide bonds. The molecule has 0 aliphatic carbocycles. The predicted molar refractivity (Wildman–Crippen MR) is 69.2 cm³/mol. The van der Waals surface area contributed by atoms with Crippen LogP contribution in [-0.4, -0.2) is 23.6 Å². The molecule has 0 aromatic carbocycles. The maximum absolute atomic E-state index is 3.58. The van der Waals surface area contributed by atoms with Crippen molar-refractivity contribution >= 4 is 11.8 Å². The average molecular weight is 217 g/mol. The van der Waals surface area contributed by atoms with Gasteiger partial charge in [0.25, 0.3) is 0 Å². The summed E-state index contributed by atoms with van der Waals surface area (Å²) in [6, 6.07) is 0.735. The van der Waals surface area contributed by atoms with E-state index in [4.69, 9.17) is 0 Å². The highest BCUT2D eigenvalue weighted by atomic mass is 32.2. The fourth-order valence-corrected chi connectivity index (χ4v) is 2.38. The molecule has 14 heavy (non-hydrogen) atoms. The molecule has 0 saturated carbocycles.